The van der Waals surface area contributed by atoms with Crippen LogP contribution in [0.2, 0.25) is 0 Å². The first-order chi connectivity index (χ1) is 13.8. The number of benzene rings is 1. The van der Waals surface area contributed by atoms with Crippen LogP contribution in [-0.4, -0.2) is 10.2 Å². The molecule has 1 aromatic carbocycles. The lowest BCUT2D eigenvalue weighted by molar-refractivity contribution is 0.304. The summed E-state index contributed by atoms with van der Waals surface area (Å²) in [4.78, 5) is 0. The lowest BCUT2D eigenvalue weighted by atomic mass is 9.79. The Kier molecular flexibility index (Phi) is 8.51. The van der Waals surface area contributed by atoms with Crippen LogP contribution >= 0.6 is 0 Å². The molecule has 0 amide bonds. The minimum absolute atomic E-state index is 0.616. The average Bonchev–Trinajstić information content (AvgIpc) is 2.75. The Hall–Kier alpha value is -1.70. The van der Waals surface area contributed by atoms with Crippen molar-refractivity contribution < 1.29 is 0 Å². The molecule has 152 valence electrons. The second-order valence-corrected chi connectivity index (χ2v) is 8.71. The summed E-state index contributed by atoms with van der Waals surface area (Å²) in [7, 11) is 0. The summed E-state index contributed by atoms with van der Waals surface area (Å²) in [6.45, 7) is 4.57. The maximum atomic E-state index is 4.60. The first kappa shape index (κ1) is 21.0. The van der Waals surface area contributed by atoms with Crippen molar-refractivity contribution in [2.75, 3.05) is 0 Å². The van der Waals surface area contributed by atoms with Crippen LogP contribution in [0.15, 0.2) is 36.4 Å². The SMILES string of the molecule is CCCCCCCc1ccc(-c2ccc(C3CCC(CCC)CC3)nn2)cc1. The van der Waals surface area contributed by atoms with Gasteiger partial charge in [0.1, 0.15) is 0 Å². The number of aromatic nitrogens is 2. The van der Waals surface area contributed by atoms with E-state index in [1.807, 2.05) is 0 Å². The topological polar surface area (TPSA) is 25.8 Å². The molecule has 0 unspecified atom stereocenters. The summed E-state index contributed by atoms with van der Waals surface area (Å²) in [5, 5.41) is 9.16. The Bertz CT molecular complexity index is 667. The number of hydrogen-bond donors (Lipinski definition) is 0. The van der Waals surface area contributed by atoms with E-state index in [0.29, 0.717) is 5.92 Å². The predicted molar refractivity (Wildman–Crippen MR) is 120 cm³/mol. The van der Waals surface area contributed by atoms with Gasteiger partial charge in [-0.3, -0.25) is 0 Å². The van der Waals surface area contributed by atoms with E-state index >= 15 is 0 Å². The molecule has 28 heavy (non-hydrogen) atoms. The quantitative estimate of drug-likeness (QED) is 0.395. The molecule has 0 radical (unpaired) electrons. The highest BCUT2D eigenvalue weighted by Gasteiger charge is 2.23. The van der Waals surface area contributed by atoms with E-state index in [0.717, 1.165) is 11.6 Å². The largest absolute Gasteiger partial charge is 0.155 e. The minimum Gasteiger partial charge on any atom is -0.155 e. The normalized spacial score (nSPS) is 19.6. The van der Waals surface area contributed by atoms with Crippen molar-refractivity contribution in [1.82, 2.24) is 10.2 Å². The molecule has 2 aromatic rings. The Morgan fingerprint density at radius 3 is 2.14 bits per heavy atom. The molecule has 1 fully saturated rings. The van der Waals surface area contributed by atoms with Crippen molar-refractivity contribution in [3.05, 3.63) is 47.7 Å². The zero-order valence-electron chi connectivity index (χ0n) is 18.0. The summed E-state index contributed by atoms with van der Waals surface area (Å²) < 4.78 is 0. The van der Waals surface area contributed by atoms with E-state index in [1.165, 1.54) is 93.9 Å². The first-order valence-electron chi connectivity index (χ1n) is 11.7. The molecule has 0 aliphatic heterocycles. The van der Waals surface area contributed by atoms with Crippen LogP contribution in [0.5, 0.6) is 0 Å². The van der Waals surface area contributed by atoms with Gasteiger partial charge in [-0.25, -0.2) is 0 Å². The Labute approximate surface area is 172 Å². The fraction of sp³-hybridized carbons (Fsp3) is 0.615. The van der Waals surface area contributed by atoms with Crippen molar-refractivity contribution in [1.29, 1.82) is 0 Å². The molecule has 3 rings (SSSR count). The third kappa shape index (κ3) is 6.15. The highest BCUT2D eigenvalue weighted by molar-refractivity contribution is 5.58. The van der Waals surface area contributed by atoms with E-state index in [4.69, 9.17) is 0 Å². The highest BCUT2D eigenvalue weighted by atomic mass is 15.1. The zero-order chi connectivity index (χ0) is 19.6. The molecular weight excluding hydrogens is 340 g/mol. The van der Waals surface area contributed by atoms with Gasteiger partial charge in [0.15, 0.2) is 0 Å². The third-order valence-electron chi connectivity index (χ3n) is 6.47. The number of hydrogen-bond acceptors (Lipinski definition) is 2. The van der Waals surface area contributed by atoms with E-state index in [2.05, 4.69) is 60.4 Å². The minimum atomic E-state index is 0.616. The molecule has 1 aliphatic rings. The molecule has 0 saturated heterocycles. The maximum absolute atomic E-state index is 4.60. The van der Waals surface area contributed by atoms with E-state index < -0.39 is 0 Å². The Morgan fingerprint density at radius 1 is 0.750 bits per heavy atom. The summed E-state index contributed by atoms with van der Waals surface area (Å²) in [5.41, 5.74) is 4.81. The van der Waals surface area contributed by atoms with E-state index in [-0.39, 0.29) is 0 Å². The fourth-order valence-electron chi connectivity index (χ4n) is 4.64. The van der Waals surface area contributed by atoms with Gasteiger partial charge >= 0.3 is 0 Å². The van der Waals surface area contributed by atoms with Gasteiger partial charge in [0.25, 0.3) is 0 Å². The number of unbranched alkanes of at least 4 members (excludes halogenated alkanes) is 4. The van der Waals surface area contributed by atoms with Crippen LogP contribution in [0, 0.1) is 5.92 Å². The third-order valence-corrected chi connectivity index (χ3v) is 6.47. The predicted octanol–water partition coefficient (Wildman–Crippen LogP) is 7.73. The molecule has 2 nitrogen and oxygen atoms in total. The van der Waals surface area contributed by atoms with Gasteiger partial charge in [-0.05, 0) is 62.1 Å². The Balaban J connectivity index is 1.51. The van der Waals surface area contributed by atoms with Gasteiger partial charge in [0, 0.05) is 11.5 Å². The van der Waals surface area contributed by atoms with Gasteiger partial charge in [0.05, 0.1) is 11.4 Å². The van der Waals surface area contributed by atoms with Crippen molar-refractivity contribution in [3.63, 3.8) is 0 Å². The van der Waals surface area contributed by atoms with Gasteiger partial charge in [0.2, 0.25) is 0 Å². The standard InChI is InChI=1S/C26H38N2/c1-3-5-6-7-8-10-22-13-17-24(18-14-22)26-20-19-25(27-28-26)23-15-11-21(9-4-2)12-16-23/h13-14,17-21,23H,3-12,15-16H2,1-2H3. The molecule has 0 spiro atoms. The van der Waals surface area contributed by atoms with Crippen molar-refractivity contribution in [3.8, 4) is 11.3 Å². The van der Waals surface area contributed by atoms with E-state index in [9.17, 15) is 0 Å². The molecule has 2 heteroatoms. The molecule has 1 saturated carbocycles. The van der Waals surface area contributed by atoms with Crippen molar-refractivity contribution in [2.45, 2.75) is 96.8 Å². The second-order valence-electron chi connectivity index (χ2n) is 8.71. The van der Waals surface area contributed by atoms with Crippen LogP contribution < -0.4 is 0 Å². The molecule has 1 aliphatic carbocycles. The van der Waals surface area contributed by atoms with Gasteiger partial charge in [-0.15, -0.1) is 0 Å². The summed E-state index contributed by atoms with van der Waals surface area (Å²) in [6.07, 6.45) is 15.9. The van der Waals surface area contributed by atoms with E-state index in [1.54, 1.807) is 0 Å². The van der Waals surface area contributed by atoms with Gasteiger partial charge < -0.3 is 0 Å². The molecule has 1 heterocycles. The fourth-order valence-corrected chi connectivity index (χ4v) is 4.64. The molecule has 0 N–H and O–H groups in total. The van der Waals surface area contributed by atoms with Crippen LogP contribution in [-0.2, 0) is 6.42 Å². The summed E-state index contributed by atoms with van der Waals surface area (Å²) >= 11 is 0. The lowest BCUT2D eigenvalue weighted by Gasteiger charge is -2.27. The van der Waals surface area contributed by atoms with Crippen molar-refractivity contribution in [2.24, 2.45) is 5.92 Å². The first-order valence-corrected chi connectivity index (χ1v) is 11.7. The second kappa shape index (κ2) is 11.3. The average molecular weight is 379 g/mol. The number of rotatable bonds is 10. The lowest BCUT2D eigenvalue weighted by Crippen LogP contribution is -2.14. The van der Waals surface area contributed by atoms with Crippen molar-refractivity contribution >= 4 is 0 Å². The number of aryl methyl sites for hydroxylation is 1. The molecular formula is C26H38N2. The Morgan fingerprint density at radius 2 is 1.50 bits per heavy atom. The smallest absolute Gasteiger partial charge is 0.0929 e. The highest BCUT2D eigenvalue weighted by Crippen LogP contribution is 2.36. The molecule has 1 aromatic heterocycles. The van der Waals surface area contributed by atoms with Crippen LogP contribution in [0.3, 0.4) is 0 Å². The van der Waals surface area contributed by atoms with Crippen LogP contribution in [0.4, 0.5) is 0 Å². The summed E-state index contributed by atoms with van der Waals surface area (Å²) in [5.74, 6) is 1.56. The van der Waals surface area contributed by atoms with Gasteiger partial charge in [-0.2, -0.15) is 10.2 Å². The van der Waals surface area contributed by atoms with Crippen LogP contribution in [0.25, 0.3) is 11.3 Å². The molecule has 0 atom stereocenters. The van der Waals surface area contributed by atoms with Crippen LogP contribution in [0.1, 0.15) is 102 Å². The maximum Gasteiger partial charge on any atom is 0.0929 e. The molecule has 0 bridgehead atoms. The number of nitrogens with zero attached hydrogens (tertiary/aromatic N) is 2. The monoisotopic (exact) mass is 378 g/mol. The zero-order valence-corrected chi connectivity index (χ0v) is 18.0. The van der Waals surface area contributed by atoms with Gasteiger partial charge in [-0.1, -0.05) is 76.6 Å². The summed E-state index contributed by atoms with van der Waals surface area (Å²) in [6, 6.07) is 13.3.